The standard InChI is InChI=1S/C18H36O2.C14H28O2.Ca/c1-2-3-4-5-6-7-8-9-10-11-12-13-14-15-16-17-18(19)20;1-4-5-6-7-8-9-10-11-12-14(2,3)13(15)16;/h2-17H2,1H3,(H,19,20);4-12H2,1-3H3,(H,15,16);/q;;+2/p-2. The summed E-state index contributed by atoms with van der Waals surface area (Å²) >= 11 is 0. The Bertz CT molecular complexity index is 479. The van der Waals surface area contributed by atoms with Crippen molar-refractivity contribution in [1.29, 1.82) is 0 Å². The molecule has 0 heterocycles. The molecule has 0 aliphatic carbocycles. The molecule has 4 nitrogen and oxygen atoms in total. The molecule has 0 rings (SSSR count). The van der Waals surface area contributed by atoms with E-state index < -0.39 is 17.4 Å². The van der Waals surface area contributed by atoms with E-state index in [1.165, 1.54) is 122 Å². The average Bonchev–Trinajstić information content (AvgIpc) is 2.83. The molecule has 0 aliphatic rings. The van der Waals surface area contributed by atoms with Gasteiger partial charge in [0.2, 0.25) is 0 Å². The van der Waals surface area contributed by atoms with Gasteiger partial charge in [0.1, 0.15) is 0 Å². The van der Waals surface area contributed by atoms with Gasteiger partial charge in [-0.2, -0.15) is 0 Å². The number of carboxylic acids is 2. The fourth-order valence-corrected chi connectivity index (χ4v) is 4.44. The minimum absolute atomic E-state index is 0. The van der Waals surface area contributed by atoms with Crippen LogP contribution in [0.3, 0.4) is 0 Å². The van der Waals surface area contributed by atoms with Crippen LogP contribution in [0.25, 0.3) is 0 Å². The van der Waals surface area contributed by atoms with Gasteiger partial charge in [-0.3, -0.25) is 0 Å². The number of carbonyl (C=O) groups excluding carboxylic acids is 2. The van der Waals surface area contributed by atoms with Crippen molar-refractivity contribution in [3.05, 3.63) is 0 Å². The van der Waals surface area contributed by atoms with Crippen molar-refractivity contribution in [2.45, 2.75) is 188 Å². The van der Waals surface area contributed by atoms with Crippen molar-refractivity contribution in [3.63, 3.8) is 0 Å². The molecule has 216 valence electrons. The Morgan fingerprint density at radius 2 is 0.757 bits per heavy atom. The minimum atomic E-state index is -0.921. The van der Waals surface area contributed by atoms with Crippen LogP contribution in [0.5, 0.6) is 0 Å². The molecule has 0 aromatic rings. The van der Waals surface area contributed by atoms with Gasteiger partial charge in [0.05, 0.1) is 0 Å². The van der Waals surface area contributed by atoms with Gasteiger partial charge in [0, 0.05) is 17.4 Å². The summed E-state index contributed by atoms with van der Waals surface area (Å²) in [5.41, 5.74) is -0.651. The Morgan fingerprint density at radius 3 is 1.03 bits per heavy atom. The van der Waals surface area contributed by atoms with Crippen molar-refractivity contribution in [2.75, 3.05) is 0 Å². The summed E-state index contributed by atoms with van der Waals surface area (Å²) in [5.74, 6) is -1.82. The number of unbranched alkanes of at least 4 members (excludes halogenated alkanes) is 21. The second-order valence-corrected chi connectivity index (χ2v) is 11.5. The number of hydrogen-bond donors (Lipinski definition) is 0. The molecule has 0 saturated heterocycles. The molecule has 0 fully saturated rings. The number of rotatable bonds is 26. The van der Waals surface area contributed by atoms with Gasteiger partial charge in [-0.05, 0) is 19.3 Å². The number of carbonyl (C=O) groups is 2. The summed E-state index contributed by atoms with van der Waals surface area (Å²) in [6.07, 6.45) is 30.6. The Morgan fingerprint density at radius 1 is 0.486 bits per heavy atom. The van der Waals surface area contributed by atoms with Crippen molar-refractivity contribution >= 4 is 49.7 Å². The molecule has 0 bridgehead atoms. The molecule has 0 unspecified atom stereocenters. The molecule has 0 aromatic carbocycles. The maximum absolute atomic E-state index is 10.7. The van der Waals surface area contributed by atoms with Gasteiger partial charge in [-0.25, -0.2) is 0 Å². The largest absolute Gasteiger partial charge is 2.00 e. The first-order valence-corrected chi connectivity index (χ1v) is 15.7. The van der Waals surface area contributed by atoms with E-state index in [2.05, 4.69) is 13.8 Å². The van der Waals surface area contributed by atoms with E-state index >= 15 is 0 Å². The van der Waals surface area contributed by atoms with Crippen molar-refractivity contribution < 1.29 is 19.8 Å². The Kier molecular flexibility index (Phi) is 36.5. The van der Waals surface area contributed by atoms with E-state index in [0.29, 0.717) is 0 Å². The third kappa shape index (κ3) is 36.2. The van der Waals surface area contributed by atoms with Gasteiger partial charge in [-0.1, -0.05) is 169 Å². The summed E-state index contributed by atoms with van der Waals surface area (Å²) in [4.78, 5) is 21.0. The van der Waals surface area contributed by atoms with Gasteiger partial charge < -0.3 is 19.8 Å². The van der Waals surface area contributed by atoms with Crippen LogP contribution in [0.4, 0.5) is 0 Å². The van der Waals surface area contributed by atoms with E-state index in [1.54, 1.807) is 13.8 Å². The van der Waals surface area contributed by atoms with E-state index in [9.17, 15) is 19.8 Å². The second-order valence-electron chi connectivity index (χ2n) is 11.5. The van der Waals surface area contributed by atoms with Crippen LogP contribution in [-0.4, -0.2) is 49.7 Å². The van der Waals surface area contributed by atoms with Crippen molar-refractivity contribution in [3.8, 4) is 0 Å². The van der Waals surface area contributed by atoms with Gasteiger partial charge >= 0.3 is 37.7 Å². The number of aliphatic carboxylic acids is 2. The molecule has 0 N–H and O–H groups in total. The molecule has 0 saturated carbocycles. The fourth-order valence-electron chi connectivity index (χ4n) is 4.44. The molecule has 0 aliphatic heterocycles. The molecular weight excluding hydrogens is 488 g/mol. The monoisotopic (exact) mass is 550 g/mol. The summed E-state index contributed by atoms with van der Waals surface area (Å²) in [5, 5.41) is 21.0. The fraction of sp³-hybridized carbons (Fsp3) is 0.938. The van der Waals surface area contributed by atoms with E-state index in [-0.39, 0.29) is 44.2 Å². The first-order chi connectivity index (χ1) is 17.3. The third-order valence-electron chi connectivity index (χ3n) is 7.19. The first-order valence-electron chi connectivity index (χ1n) is 15.7. The zero-order valence-electron chi connectivity index (χ0n) is 25.5. The van der Waals surface area contributed by atoms with Gasteiger partial charge in [0.15, 0.2) is 0 Å². The smallest absolute Gasteiger partial charge is 0.550 e. The average molecular weight is 551 g/mol. The topological polar surface area (TPSA) is 80.3 Å². The summed E-state index contributed by atoms with van der Waals surface area (Å²) in [7, 11) is 0. The van der Waals surface area contributed by atoms with E-state index in [1.807, 2.05) is 0 Å². The zero-order chi connectivity index (χ0) is 27.3. The molecule has 0 atom stereocenters. The first kappa shape index (κ1) is 41.7. The minimum Gasteiger partial charge on any atom is -0.550 e. The van der Waals surface area contributed by atoms with Gasteiger partial charge in [-0.15, -0.1) is 0 Å². The van der Waals surface area contributed by atoms with Crippen LogP contribution in [-0.2, 0) is 9.59 Å². The predicted octanol–water partition coefficient (Wildman–Crippen LogP) is 7.91. The van der Waals surface area contributed by atoms with Gasteiger partial charge in [0.25, 0.3) is 0 Å². The Hall–Kier alpha value is 0.200. The quantitative estimate of drug-likeness (QED) is 0.0809. The van der Waals surface area contributed by atoms with Crippen LogP contribution >= 0.6 is 0 Å². The van der Waals surface area contributed by atoms with E-state index in [4.69, 9.17) is 0 Å². The Labute approximate surface area is 261 Å². The third-order valence-corrected chi connectivity index (χ3v) is 7.19. The molecule has 0 aromatic heterocycles. The van der Waals surface area contributed by atoms with Crippen LogP contribution in [0, 0.1) is 5.41 Å². The zero-order valence-corrected chi connectivity index (χ0v) is 27.7. The second kappa shape index (κ2) is 32.4. The summed E-state index contributed by atoms with van der Waals surface area (Å²) in [6, 6.07) is 0. The molecule has 0 amide bonds. The van der Waals surface area contributed by atoms with E-state index in [0.717, 1.165) is 32.1 Å². The predicted molar refractivity (Wildman–Crippen MR) is 156 cm³/mol. The number of carboxylic acid groups (broad SMARTS) is 2. The van der Waals surface area contributed by atoms with Crippen LogP contribution in [0.1, 0.15) is 188 Å². The van der Waals surface area contributed by atoms with Crippen LogP contribution in [0.15, 0.2) is 0 Å². The normalized spacial score (nSPS) is 10.9. The molecule has 37 heavy (non-hydrogen) atoms. The molecule has 0 spiro atoms. The number of hydrogen-bond acceptors (Lipinski definition) is 4. The SMILES string of the molecule is CCCCCCCCCCC(C)(C)C(=O)[O-].CCCCCCCCCCCCCCCCCC(=O)[O-].[Ca+2]. The van der Waals surface area contributed by atoms with Crippen LogP contribution < -0.4 is 10.2 Å². The maximum atomic E-state index is 10.7. The molecule has 0 radical (unpaired) electrons. The van der Waals surface area contributed by atoms with Crippen molar-refractivity contribution in [2.24, 2.45) is 5.41 Å². The maximum Gasteiger partial charge on any atom is 2.00 e. The molecular formula is C32H62CaO4. The summed E-state index contributed by atoms with van der Waals surface area (Å²) in [6.45, 7) is 8.00. The Balaban J connectivity index is -0.000000623. The molecule has 5 heteroatoms. The van der Waals surface area contributed by atoms with Crippen LogP contribution in [0.2, 0.25) is 0 Å². The summed E-state index contributed by atoms with van der Waals surface area (Å²) < 4.78 is 0. The van der Waals surface area contributed by atoms with Crippen molar-refractivity contribution in [1.82, 2.24) is 0 Å².